The number of carbonyl (C=O) groups excluding carboxylic acids is 2. The van der Waals surface area contributed by atoms with Crippen LogP contribution in [0.5, 0.6) is 0 Å². The summed E-state index contributed by atoms with van der Waals surface area (Å²) in [6.45, 7) is 2.05. The second kappa shape index (κ2) is 9.05. The summed E-state index contributed by atoms with van der Waals surface area (Å²) in [6, 6.07) is 13.1. The summed E-state index contributed by atoms with van der Waals surface area (Å²) in [5, 5.41) is 4.96. The third-order valence-corrected chi connectivity index (χ3v) is 4.54. The average molecular weight is 396 g/mol. The van der Waals surface area contributed by atoms with Gasteiger partial charge >= 0.3 is 5.97 Å². The first kappa shape index (κ1) is 19.4. The number of hydrogen-bond acceptors (Lipinski definition) is 5. The third kappa shape index (κ3) is 5.11. The summed E-state index contributed by atoms with van der Waals surface area (Å²) in [5.74, 6) is -1.15. The van der Waals surface area contributed by atoms with Crippen molar-refractivity contribution in [3.63, 3.8) is 0 Å². The standard InChI is InChI=1S/C21H17FN2O3S/c1-2-27-19(25)10-9-14-5-3-8-17(11-14)23-20(26)18-13-28-21(24-18)15-6-4-7-16(22)12-15/h3-13H,2H2,1H3,(H,23,26). The molecule has 3 aromatic rings. The molecule has 1 N–H and O–H groups in total. The van der Waals surface area contributed by atoms with Crippen molar-refractivity contribution in [2.75, 3.05) is 11.9 Å². The molecule has 0 fully saturated rings. The Morgan fingerprint density at radius 1 is 1.21 bits per heavy atom. The number of thiazole rings is 1. The number of nitrogens with one attached hydrogen (secondary N) is 1. The smallest absolute Gasteiger partial charge is 0.330 e. The zero-order valence-corrected chi connectivity index (χ0v) is 15.8. The number of aromatic nitrogens is 1. The zero-order chi connectivity index (χ0) is 19.9. The van der Waals surface area contributed by atoms with Gasteiger partial charge in [-0.15, -0.1) is 11.3 Å². The van der Waals surface area contributed by atoms with Crippen LogP contribution in [0.3, 0.4) is 0 Å². The summed E-state index contributed by atoms with van der Waals surface area (Å²) >= 11 is 1.27. The molecular weight excluding hydrogens is 379 g/mol. The maximum atomic E-state index is 13.4. The molecule has 1 amide bonds. The highest BCUT2D eigenvalue weighted by Crippen LogP contribution is 2.24. The normalized spacial score (nSPS) is 10.8. The van der Waals surface area contributed by atoms with Crippen LogP contribution in [0.15, 0.2) is 60.0 Å². The molecule has 0 saturated carbocycles. The number of anilines is 1. The van der Waals surface area contributed by atoms with Crippen LogP contribution < -0.4 is 5.32 Å². The van der Waals surface area contributed by atoms with Gasteiger partial charge in [-0.25, -0.2) is 14.2 Å². The van der Waals surface area contributed by atoms with E-state index in [-0.39, 0.29) is 17.4 Å². The largest absolute Gasteiger partial charge is 0.463 e. The van der Waals surface area contributed by atoms with Crippen molar-refractivity contribution in [1.82, 2.24) is 4.98 Å². The molecule has 0 aliphatic carbocycles. The van der Waals surface area contributed by atoms with Gasteiger partial charge in [0.1, 0.15) is 16.5 Å². The molecule has 1 heterocycles. The first-order valence-electron chi connectivity index (χ1n) is 8.53. The fraction of sp³-hybridized carbons (Fsp3) is 0.0952. The SMILES string of the molecule is CCOC(=O)C=Cc1cccc(NC(=O)c2csc(-c3cccc(F)c3)n2)c1. The van der Waals surface area contributed by atoms with Crippen LogP contribution in [0.25, 0.3) is 16.6 Å². The monoisotopic (exact) mass is 396 g/mol. The first-order chi connectivity index (χ1) is 13.5. The Bertz CT molecular complexity index is 1030. The molecule has 0 aliphatic rings. The van der Waals surface area contributed by atoms with E-state index >= 15 is 0 Å². The van der Waals surface area contributed by atoms with E-state index in [4.69, 9.17) is 4.74 Å². The maximum Gasteiger partial charge on any atom is 0.330 e. The lowest BCUT2D eigenvalue weighted by molar-refractivity contribution is -0.137. The highest BCUT2D eigenvalue weighted by molar-refractivity contribution is 7.13. The van der Waals surface area contributed by atoms with Gasteiger partial charge in [-0.3, -0.25) is 4.79 Å². The van der Waals surface area contributed by atoms with Gasteiger partial charge in [0.2, 0.25) is 0 Å². The summed E-state index contributed by atoms with van der Waals surface area (Å²) in [5.41, 5.74) is 2.17. The number of carbonyl (C=O) groups is 2. The Morgan fingerprint density at radius 3 is 2.82 bits per heavy atom. The molecule has 0 atom stereocenters. The highest BCUT2D eigenvalue weighted by Gasteiger charge is 2.12. The van der Waals surface area contributed by atoms with Crippen molar-refractivity contribution >= 4 is 35.0 Å². The number of benzene rings is 2. The van der Waals surface area contributed by atoms with E-state index in [2.05, 4.69) is 10.3 Å². The van der Waals surface area contributed by atoms with Crippen LogP contribution >= 0.6 is 11.3 Å². The molecule has 0 unspecified atom stereocenters. The van der Waals surface area contributed by atoms with E-state index in [0.717, 1.165) is 5.56 Å². The lowest BCUT2D eigenvalue weighted by atomic mass is 10.2. The number of hydrogen-bond donors (Lipinski definition) is 1. The number of esters is 1. The number of ether oxygens (including phenoxy) is 1. The number of nitrogens with zero attached hydrogens (tertiary/aromatic N) is 1. The average Bonchev–Trinajstić information content (AvgIpc) is 3.17. The first-order valence-corrected chi connectivity index (χ1v) is 9.41. The number of halogens is 1. The second-order valence-corrected chi connectivity index (χ2v) is 6.57. The fourth-order valence-corrected chi connectivity index (χ4v) is 3.20. The molecule has 5 nitrogen and oxygen atoms in total. The molecule has 0 aliphatic heterocycles. The molecule has 0 spiro atoms. The van der Waals surface area contributed by atoms with Gasteiger partial charge in [-0.2, -0.15) is 0 Å². The van der Waals surface area contributed by atoms with E-state index in [0.29, 0.717) is 22.9 Å². The fourth-order valence-electron chi connectivity index (χ4n) is 2.40. The van der Waals surface area contributed by atoms with Crippen LogP contribution in [-0.4, -0.2) is 23.5 Å². The molecule has 0 saturated heterocycles. The second-order valence-electron chi connectivity index (χ2n) is 5.71. The Balaban J connectivity index is 1.70. The van der Waals surface area contributed by atoms with Gasteiger partial charge in [0.15, 0.2) is 0 Å². The quantitative estimate of drug-likeness (QED) is 0.481. The van der Waals surface area contributed by atoms with E-state index in [1.807, 2.05) is 0 Å². The Morgan fingerprint density at radius 2 is 2.04 bits per heavy atom. The van der Waals surface area contributed by atoms with Gasteiger partial charge in [0, 0.05) is 22.7 Å². The molecular formula is C21H17FN2O3S. The minimum absolute atomic E-state index is 0.247. The molecule has 7 heteroatoms. The van der Waals surface area contributed by atoms with Crippen LogP contribution in [-0.2, 0) is 9.53 Å². The van der Waals surface area contributed by atoms with Gasteiger partial charge in [0.25, 0.3) is 5.91 Å². The predicted molar refractivity (Wildman–Crippen MR) is 108 cm³/mol. The van der Waals surface area contributed by atoms with Crippen molar-refractivity contribution in [3.8, 4) is 10.6 Å². The van der Waals surface area contributed by atoms with E-state index in [1.54, 1.807) is 54.8 Å². The van der Waals surface area contributed by atoms with Crippen LogP contribution in [0.1, 0.15) is 23.0 Å². The zero-order valence-electron chi connectivity index (χ0n) is 15.0. The summed E-state index contributed by atoms with van der Waals surface area (Å²) < 4.78 is 18.2. The van der Waals surface area contributed by atoms with Crippen molar-refractivity contribution in [2.24, 2.45) is 0 Å². The molecule has 142 valence electrons. The molecule has 2 aromatic carbocycles. The minimum Gasteiger partial charge on any atom is -0.463 e. The summed E-state index contributed by atoms with van der Waals surface area (Å²) in [4.78, 5) is 28.1. The highest BCUT2D eigenvalue weighted by atomic mass is 32.1. The van der Waals surface area contributed by atoms with Gasteiger partial charge in [-0.1, -0.05) is 24.3 Å². The van der Waals surface area contributed by atoms with Crippen molar-refractivity contribution in [2.45, 2.75) is 6.92 Å². The minimum atomic E-state index is -0.427. The Hall–Kier alpha value is -3.32. The Kier molecular flexibility index (Phi) is 6.29. The maximum absolute atomic E-state index is 13.4. The third-order valence-electron chi connectivity index (χ3n) is 3.65. The molecule has 3 rings (SSSR count). The lowest BCUT2D eigenvalue weighted by Crippen LogP contribution is -2.12. The van der Waals surface area contributed by atoms with Gasteiger partial charge in [0.05, 0.1) is 6.61 Å². The van der Waals surface area contributed by atoms with Crippen LogP contribution in [0, 0.1) is 5.82 Å². The van der Waals surface area contributed by atoms with Crippen molar-refractivity contribution < 1.29 is 18.7 Å². The number of rotatable bonds is 6. The van der Waals surface area contributed by atoms with Gasteiger partial charge in [-0.05, 0) is 42.8 Å². The van der Waals surface area contributed by atoms with Crippen LogP contribution in [0.2, 0.25) is 0 Å². The topological polar surface area (TPSA) is 68.3 Å². The van der Waals surface area contributed by atoms with Crippen LogP contribution in [0.4, 0.5) is 10.1 Å². The van der Waals surface area contributed by atoms with Gasteiger partial charge < -0.3 is 10.1 Å². The molecule has 28 heavy (non-hydrogen) atoms. The predicted octanol–water partition coefficient (Wildman–Crippen LogP) is 4.78. The molecule has 1 aromatic heterocycles. The molecule has 0 bridgehead atoms. The van der Waals surface area contributed by atoms with Crippen molar-refractivity contribution in [3.05, 3.63) is 77.1 Å². The summed E-state index contributed by atoms with van der Waals surface area (Å²) in [6.07, 6.45) is 2.94. The molecule has 0 radical (unpaired) electrons. The summed E-state index contributed by atoms with van der Waals surface area (Å²) in [7, 11) is 0. The Labute approximate surface area is 165 Å². The lowest BCUT2D eigenvalue weighted by Gasteiger charge is -2.04. The van der Waals surface area contributed by atoms with Crippen molar-refractivity contribution in [1.29, 1.82) is 0 Å². The van der Waals surface area contributed by atoms with E-state index in [9.17, 15) is 14.0 Å². The van der Waals surface area contributed by atoms with E-state index in [1.165, 1.54) is 29.5 Å². The number of amides is 1. The van der Waals surface area contributed by atoms with E-state index < -0.39 is 5.97 Å².